The maximum atomic E-state index is 10.7. The lowest BCUT2D eigenvalue weighted by Crippen LogP contribution is -2.10. The van der Waals surface area contributed by atoms with Gasteiger partial charge in [0.15, 0.2) is 0 Å². The van der Waals surface area contributed by atoms with Gasteiger partial charge in [0, 0.05) is 10.3 Å². The fourth-order valence-corrected chi connectivity index (χ4v) is 2.35. The fraction of sp³-hybridized carbons (Fsp3) is 0.375. The highest BCUT2D eigenvalue weighted by atomic mass is 32.1. The van der Waals surface area contributed by atoms with E-state index in [0.29, 0.717) is 18.8 Å². The van der Waals surface area contributed by atoms with E-state index in [1.807, 2.05) is 0 Å². The Hall–Kier alpha value is -0.870. The number of thiophene rings is 1. The minimum Gasteiger partial charge on any atom is -0.478 e. The zero-order valence-electron chi connectivity index (χ0n) is 6.37. The topological polar surface area (TPSA) is 46.5 Å². The lowest BCUT2D eigenvalue weighted by Gasteiger charge is -2.11. The number of rotatable bonds is 1. The van der Waals surface area contributed by atoms with Gasteiger partial charge in [-0.15, -0.1) is 11.3 Å². The zero-order valence-corrected chi connectivity index (χ0v) is 7.19. The summed E-state index contributed by atoms with van der Waals surface area (Å²) in [5.74, 6) is -0.825. The predicted octanol–water partition coefficient (Wildman–Crippen LogP) is 1.52. The second kappa shape index (κ2) is 2.88. The van der Waals surface area contributed by atoms with Gasteiger partial charge in [-0.3, -0.25) is 0 Å². The third kappa shape index (κ3) is 1.13. The van der Waals surface area contributed by atoms with Crippen molar-refractivity contribution in [2.75, 3.05) is 6.61 Å². The zero-order chi connectivity index (χ0) is 8.55. The number of carboxylic acid groups (broad SMARTS) is 1. The molecule has 0 amide bonds. The van der Waals surface area contributed by atoms with Crippen LogP contribution in [0.5, 0.6) is 0 Å². The molecule has 12 heavy (non-hydrogen) atoms. The van der Waals surface area contributed by atoms with Gasteiger partial charge >= 0.3 is 5.97 Å². The van der Waals surface area contributed by atoms with Gasteiger partial charge in [0.05, 0.1) is 18.8 Å². The van der Waals surface area contributed by atoms with E-state index in [4.69, 9.17) is 9.84 Å². The highest BCUT2D eigenvalue weighted by molar-refractivity contribution is 7.10. The summed E-state index contributed by atoms with van der Waals surface area (Å²) in [6.45, 7) is 1.22. The number of fused-ring (bicyclic) bond motifs is 1. The van der Waals surface area contributed by atoms with Gasteiger partial charge in [0.1, 0.15) is 0 Å². The molecule has 0 unspecified atom stereocenters. The molecule has 1 aromatic heterocycles. The number of aromatic carboxylic acids is 1. The Bertz CT molecular complexity index is 316. The molecule has 2 rings (SSSR count). The molecular weight excluding hydrogens is 176 g/mol. The van der Waals surface area contributed by atoms with E-state index in [9.17, 15) is 4.79 Å². The summed E-state index contributed by atoms with van der Waals surface area (Å²) in [6, 6.07) is 0. The second-order valence-electron chi connectivity index (χ2n) is 2.66. The van der Waals surface area contributed by atoms with Crippen LogP contribution in [0.15, 0.2) is 5.38 Å². The molecule has 3 nitrogen and oxygen atoms in total. The normalized spacial score (nSPS) is 15.7. The number of hydrogen-bond donors (Lipinski definition) is 1. The minimum absolute atomic E-state index is 0.457. The van der Waals surface area contributed by atoms with Gasteiger partial charge < -0.3 is 9.84 Å². The lowest BCUT2D eigenvalue weighted by atomic mass is 10.1. The van der Waals surface area contributed by atoms with E-state index in [-0.39, 0.29) is 0 Å². The van der Waals surface area contributed by atoms with Crippen LogP contribution in [0.1, 0.15) is 20.8 Å². The molecule has 0 fully saturated rings. The van der Waals surface area contributed by atoms with Crippen molar-refractivity contribution in [1.82, 2.24) is 0 Å². The van der Waals surface area contributed by atoms with Gasteiger partial charge in [-0.2, -0.15) is 0 Å². The van der Waals surface area contributed by atoms with E-state index in [1.165, 1.54) is 11.3 Å². The molecule has 1 aromatic rings. The Morgan fingerprint density at radius 1 is 1.67 bits per heavy atom. The molecule has 0 saturated heterocycles. The smallest absolute Gasteiger partial charge is 0.336 e. The fourth-order valence-electron chi connectivity index (χ4n) is 1.34. The lowest BCUT2D eigenvalue weighted by molar-refractivity contribution is 0.0692. The molecule has 1 aliphatic heterocycles. The van der Waals surface area contributed by atoms with Crippen molar-refractivity contribution < 1.29 is 14.6 Å². The largest absolute Gasteiger partial charge is 0.478 e. The van der Waals surface area contributed by atoms with Crippen molar-refractivity contribution in [2.24, 2.45) is 0 Å². The Kier molecular flexibility index (Phi) is 1.86. The maximum Gasteiger partial charge on any atom is 0.336 e. The van der Waals surface area contributed by atoms with Crippen LogP contribution in [0.3, 0.4) is 0 Å². The van der Waals surface area contributed by atoms with Gasteiger partial charge in [-0.1, -0.05) is 0 Å². The molecule has 0 radical (unpaired) electrons. The molecule has 0 saturated carbocycles. The SMILES string of the molecule is O=C(O)c1csc2c1CCOC2. The third-order valence-electron chi connectivity index (χ3n) is 1.94. The average molecular weight is 184 g/mol. The van der Waals surface area contributed by atoms with E-state index in [2.05, 4.69) is 0 Å². The van der Waals surface area contributed by atoms with Crippen LogP contribution in [-0.4, -0.2) is 17.7 Å². The van der Waals surface area contributed by atoms with E-state index in [1.54, 1.807) is 5.38 Å². The molecule has 0 bridgehead atoms. The molecule has 2 heterocycles. The second-order valence-corrected chi connectivity index (χ2v) is 3.62. The van der Waals surface area contributed by atoms with Crippen molar-refractivity contribution in [2.45, 2.75) is 13.0 Å². The Morgan fingerprint density at radius 2 is 2.50 bits per heavy atom. The summed E-state index contributed by atoms with van der Waals surface area (Å²) in [7, 11) is 0. The Morgan fingerprint density at radius 3 is 3.25 bits per heavy atom. The summed E-state index contributed by atoms with van der Waals surface area (Å²) in [4.78, 5) is 11.8. The highest BCUT2D eigenvalue weighted by Gasteiger charge is 2.19. The van der Waals surface area contributed by atoms with Gasteiger partial charge in [-0.25, -0.2) is 4.79 Å². The summed E-state index contributed by atoms with van der Waals surface area (Å²) < 4.78 is 5.21. The minimum atomic E-state index is -0.825. The molecule has 0 atom stereocenters. The Labute approximate surface area is 73.6 Å². The monoisotopic (exact) mass is 184 g/mol. The number of ether oxygens (including phenoxy) is 1. The van der Waals surface area contributed by atoms with Crippen LogP contribution in [0.2, 0.25) is 0 Å². The van der Waals surface area contributed by atoms with E-state index < -0.39 is 5.97 Å². The Balaban J connectivity index is 2.44. The number of carboxylic acids is 1. The average Bonchev–Trinajstić information content (AvgIpc) is 2.47. The van der Waals surface area contributed by atoms with Crippen molar-refractivity contribution >= 4 is 17.3 Å². The summed E-state index contributed by atoms with van der Waals surface area (Å²) in [5.41, 5.74) is 1.43. The quantitative estimate of drug-likeness (QED) is 0.719. The first-order valence-electron chi connectivity index (χ1n) is 3.69. The van der Waals surface area contributed by atoms with Gasteiger partial charge in [0.2, 0.25) is 0 Å². The molecule has 1 aliphatic rings. The standard InChI is InChI=1S/C8H8O3S/c9-8(10)6-4-12-7-3-11-2-1-5(6)7/h4H,1-3H2,(H,9,10). The molecule has 64 valence electrons. The summed E-state index contributed by atoms with van der Waals surface area (Å²) in [6.07, 6.45) is 0.737. The maximum absolute atomic E-state index is 10.7. The van der Waals surface area contributed by atoms with Crippen LogP contribution >= 0.6 is 11.3 Å². The number of carbonyl (C=O) groups is 1. The van der Waals surface area contributed by atoms with Crippen molar-refractivity contribution in [3.8, 4) is 0 Å². The first-order valence-corrected chi connectivity index (χ1v) is 4.57. The van der Waals surface area contributed by atoms with Crippen LogP contribution in [0.4, 0.5) is 0 Å². The van der Waals surface area contributed by atoms with Crippen molar-refractivity contribution in [3.05, 3.63) is 21.4 Å². The molecule has 0 aromatic carbocycles. The van der Waals surface area contributed by atoms with Crippen LogP contribution in [0.25, 0.3) is 0 Å². The first kappa shape index (κ1) is 7.76. The van der Waals surface area contributed by atoms with Gasteiger partial charge in [-0.05, 0) is 12.0 Å². The van der Waals surface area contributed by atoms with Crippen LogP contribution in [0, 0.1) is 0 Å². The highest BCUT2D eigenvalue weighted by Crippen LogP contribution is 2.27. The molecule has 1 N–H and O–H groups in total. The number of hydrogen-bond acceptors (Lipinski definition) is 3. The molecule has 0 aliphatic carbocycles. The van der Waals surface area contributed by atoms with Crippen molar-refractivity contribution in [3.63, 3.8) is 0 Å². The summed E-state index contributed by atoms with van der Waals surface area (Å²) in [5, 5.41) is 10.5. The van der Waals surface area contributed by atoms with Gasteiger partial charge in [0.25, 0.3) is 0 Å². The van der Waals surface area contributed by atoms with Crippen molar-refractivity contribution in [1.29, 1.82) is 0 Å². The first-order chi connectivity index (χ1) is 5.79. The van der Waals surface area contributed by atoms with Crippen LogP contribution in [-0.2, 0) is 17.8 Å². The molecule has 4 heteroatoms. The molecular formula is C8H8O3S. The van der Waals surface area contributed by atoms with E-state index >= 15 is 0 Å². The van der Waals surface area contributed by atoms with Crippen LogP contribution < -0.4 is 0 Å². The van der Waals surface area contributed by atoms with E-state index in [0.717, 1.165) is 16.9 Å². The molecule has 0 spiro atoms. The predicted molar refractivity (Wildman–Crippen MR) is 44.6 cm³/mol. The third-order valence-corrected chi connectivity index (χ3v) is 2.94. The summed E-state index contributed by atoms with van der Waals surface area (Å²) >= 11 is 1.47.